The number of pyridine rings is 1. The number of nitrogens with zero attached hydrogens (tertiary/aromatic N) is 2. The summed E-state index contributed by atoms with van der Waals surface area (Å²) in [4.78, 5) is 20.5. The van der Waals surface area contributed by atoms with E-state index in [9.17, 15) is 9.90 Å². The molecule has 0 saturated carbocycles. The molecule has 108 valence electrons. The van der Waals surface area contributed by atoms with Crippen molar-refractivity contribution >= 4 is 27.5 Å². The minimum Gasteiger partial charge on any atom is -0.504 e. The Kier molecular flexibility index (Phi) is 3.69. The summed E-state index contributed by atoms with van der Waals surface area (Å²) in [6.45, 7) is 9.89. The lowest BCUT2D eigenvalue weighted by Crippen LogP contribution is -2.10. The van der Waals surface area contributed by atoms with E-state index in [1.807, 2.05) is 0 Å². The van der Waals surface area contributed by atoms with Gasteiger partial charge in [-0.2, -0.15) is 0 Å². The molecular weight excluding hydrogens is 276 g/mol. The van der Waals surface area contributed by atoms with E-state index < -0.39 is 5.97 Å². The Morgan fingerprint density at radius 2 is 2.00 bits per heavy atom. The largest absolute Gasteiger partial charge is 0.504 e. The fraction of sp³-hybridized carbons (Fsp3) is 0.500. The topological polar surface area (TPSA) is 72.3 Å². The average molecular weight is 294 g/mol. The van der Waals surface area contributed by atoms with Crippen LogP contribution in [0.5, 0.6) is 5.75 Å². The van der Waals surface area contributed by atoms with Gasteiger partial charge in [-0.3, -0.25) is 0 Å². The van der Waals surface area contributed by atoms with Crippen LogP contribution in [0.4, 0.5) is 0 Å². The first kappa shape index (κ1) is 14.7. The van der Waals surface area contributed by atoms with Crippen LogP contribution >= 0.6 is 11.3 Å². The van der Waals surface area contributed by atoms with Crippen molar-refractivity contribution in [3.05, 3.63) is 16.4 Å². The fourth-order valence-electron chi connectivity index (χ4n) is 1.77. The Labute approximate surface area is 121 Å². The lowest BCUT2D eigenvalue weighted by molar-refractivity contribution is 0.0516. The molecule has 0 aliphatic carbocycles. The zero-order valence-corrected chi connectivity index (χ0v) is 13.1. The van der Waals surface area contributed by atoms with Crippen molar-refractivity contribution in [3.63, 3.8) is 0 Å². The highest BCUT2D eigenvalue weighted by Gasteiger charge is 2.25. The first-order chi connectivity index (χ1) is 9.25. The number of carbonyl (C=O) groups is 1. The van der Waals surface area contributed by atoms with Gasteiger partial charge in [0, 0.05) is 5.41 Å². The normalized spacial score (nSPS) is 11.8. The van der Waals surface area contributed by atoms with Crippen LogP contribution in [-0.4, -0.2) is 27.7 Å². The lowest BCUT2D eigenvalue weighted by Gasteiger charge is -2.13. The molecular formula is C14H18N2O3S. The van der Waals surface area contributed by atoms with Gasteiger partial charge in [0.05, 0.1) is 17.3 Å². The van der Waals surface area contributed by atoms with Crippen LogP contribution in [0, 0.1) is 6.92 Å². The standard InChI is InChI=1S/C14H18N2O3S/c1-6-19-12(18)9-10(17)11-8(7(2)15-9)16-13(20-11)14(3,4)5/h17H,6H2,1-5H3. The number of hydrogen-bond acceptors (Lipinski definition) is 6. The molecule has 0 aromatic carbocycles. The number of hydrogen-bond donors (Lipinski definition) is 1. The number of aryl methyl sites for hydroxylation is 1. The van der Waals surface area contributed by atoms with E-state index >= 15 is 0 Å². The number of esters is 1. The molecule has 1 N–H and O–H groups in total. The van der Waals surface area contributed by atoms with Crippen molar-refractivity contribution in [1.82, 2.24) is 9.97 Å². The van der Waals surface area contributed by atoms with E-state index in [-0.39, 0.29) is 23.5 Å². The SMILES string of the molecule is CCOC(=O)c1nc(C)c2nc(C(C)(C)C)sc2c1O. The number of carbonyl (C=O) groups excluding carboxylic acids is 1. The van der Waals surface area contributed by atoms with Crippen LogP contribution in [0.15, 0.2) is 0 Å². The number of aromatic nitrogens is 2. The molecule has 20 heavy (non-hydrogen) atoms. The number of aromatic hydroxyl groups is 1. The minimum absolute atomic E-state index is 0.0408. The van der Waals surface area contributed by atoms with E-state index in [0.29, 0.717) is 15.9 Å². The van der Waals surface area contributed by atoms with Gasteiger partial charge in [0.15, 0.2) is 11.4 Å². The maximum absolute atomic E-state index is 11.8. The Morgan fingerprint density at radius 3 is 2.55 bits per heavy atom. The van der Waals surface area contributed by atoms with Crippen molar-refractivity contribution in [2.24, 2.45) is 0 Å². The Hall–Kier alpha value is -1.69. The first-order valence-corrected chi connectivity index (χ1v) is 7.25. The van der Waals surface area contributed by atoms with Gasteiger partial charge in [-0.1, -0.05) is 20.8 Å². The fourth-order valence-corrected chi connectivity index (χ4v) is 2.89. The maximum Gasteiger partial charge on any atom is 0.360 e. The molecule has 0 atom stereocenters. The van der Waals surface area contributed by atoms with Crippen LogP contribution in [-0.2, 0) is 10.2 Å². The summed E-state index contributed by atoms with van der Waals surface area (Å²) in [6, 6.07) is 0. The second kappa shape index (κ2) is 5.01. The van der Waals surface area contributed by atoms with Gasteiger partial charge in [0.25, 0.3) is 0 Å². The minimum atomic E-state index is -0.610. The van der Waals surface area contributed by atoms with E-state index in [1.54, 1.807) is 13.8 Å². The Balaban J connectivity index is 2.66. The molecule has 0 saturated heterocycles. The molecule has 0 bridgehead atoms. The van der Waals surface area contributed by atoms with Gasteiger partial charge in [0.1, 0.15) is 10.2 Å². The molecule has 2 rings (SSSR count). The third-order valence-electron chi connectivity index (χ3n) is 2.80. The monoisotopic (exact) mass is 294 g/mol. The first-order valence-electron chi connectivity index (χ1n) is 6.43. The summed E-state index contributed by atoms with van der Waals surface area (Å²) in [5, 5.41) is 11.2. The third-order valence-corrected chi connectivity index (χ3v) is 4.29. The van der Waals surface area contributed by atoms with Gasteiger partial charge < -0.3 is 9.84 Å². The second-order valence-electron chi connectivity index (χ2n) is 5.56. The lowest BCUT2D eigenvalue weighted by atomic mass is 9.98. The third kappa shape index (κ3) is 2.47. The van der Waals surface area contributed by atoms with Crippen LogP contribution in [0.25, 0.3) is 10.2 Å². The van der Waals surface area contributed by atoms with Crippen molar-refractivity contribution in [2.75, 3.05) is 6.61 Å². The second-order valence-corrected chi connectivity index (χ2v) is 6.56. The molecule has 0 radical (unpaired) electrons. The summed E-state index contributed by atoms with van der Waals surface area (Å²) in [5.41, 5.74) is 1.10. The summed E-state index contributed by atoms with van der Waals surface area (Å²) in [6.07, 6.45) is 0. The van der Waals surface area contributed by atoms with Crippen LogP contribution in [0.2, 0.25) is 0 Å². The molecule has 6 heteroatoms. The smallest absolute Gasteiger partial charge is 0.360 e. The van der Waals surface area contributed by atoms with E-state index in [4.69, 9.17) is 4.74 Å². The van der Waals surface area contributed by atoms with E-state index in [1.165, 1.54) is 11.3 Å². The van der Waals surface area contributed by atoms with Crippen LogP contribution < -0.4 is 0 Å². The summed E-state index contributed by atoms with van der Waals surface area (Å²) >= 11 is 1.39. The predicted molar refractivity (Wildman–Crippen MR) is 78.5 cm³/mol. The number of fused-ring (bicyclic) bond motifs is 1. The molecule has 5 nitrogen and oxygen atoms in total. The molecule has 2 heterocycles. The molecule has 0 fully saturated rings. The van der Waals surface area contributed by atoms with E-state index in [2.05, 4.69) is 30.7 Å². The van der Waals surface area contributed by atoms with Gasteiger partial charge in [-0.25, -0.2) is 14.8 Å². The van der Waals surface area contributed by atoms with Gasteiger partial charge in [0.2, 0.25) is 0 Å². The zero-order valence-electron chi connectivity index (χ0n) is 12.3. The van der Waals surface area contributed by atoms with Gasteiger partial charge in [-0.05, 0) is 13.8 Å². The number of rotatable bonds is 2. The average Bonchev–Trinajstić information content (AvgIpc) is 2.79. The molecule has 0 aliphatic heterocycles. The highest BCUT2D eigenvalue weighted by Crippen LogP contribution is 2.38. The van der Waals surface area contributed by atoms with Crippen molar-refractivity contribution in [2.45, 2.75) is 40.0 Å². The number of thiazole rings is 1. The summed E-state index contributed by atoms with van der Waals surface area (Å²) in [5.74, 6) is -0.752. The molecule has 2 aromatic heterocycles. The molecule has 0 aliphatic rings. The quantitative estimate of drug-likeness (QED) is 0.861. The van der Waals surface area contributed by atoms with Gasteiger partial charge >= 0.3 is 5.97 Å². The van der Waals surface area contributed by atoms with Gasteiger partial charge in [-0.15, -0.1) is 11.3 Å². The Morgan fingerprint density at radius 1 is 1.35 bits per heavy atom. The molecule has 2 aromatic rings. The molecule has 0 spiro atoms. The summed E-state index contributed by atoms with van der Waals surface area (Å²) in [7, 11) is 0. The van der Waals surface area contributed by atoms with E-state index in [0.717, 1.165) is 5.01 Å². The van der Waals surface area contributed by atoms with Crippen molar-refractivity contribution < 1.29 is 14.6 Å². The highest BCUT2D eigenvalue weighted by atomic mass is 32.1. The van der Waals surface area contributed by atoms with Crippen LogP contribution in [0.1, 0.15) is 48.9 Å². The maximum atomic E-state index is 11.8. The number of ether oxygens (including phenoxy) is 1. The van der Waals surface area contributed by atoms with Crippen LogP contribution in [0.3, 0.4) is 0 Å². The molecule has 0 unspecified atom stereocenters. The molecule has 0 amide bonds. The Bertz CT molecular complexity index is 671. The van der Waals surface area contributed by atoms with Crippen molar-refractivity contribution in [3.8, 4) is 5.75 Å². The highest BCUT2D eigenvalue weighted by molar-refractivity contribution is 7.19. The van der Waals surface area contributed by atoms with Crippen molar-refractivity contribution in [1.29, 1.82) is 0 Å². The summed E-state index contributed by atoms with van der Waals surface area (Å²) < 4.78 is 5.50. The predicted octanol–water partition coefficient (Wildman–Crippen LogP) is 3.18. The zero-order chi connectivity index (χ0) is 15.1.